The van der Waals surface area contributed by atoms with Crippen molar-refractivity contribution < 1.29 is 75.8 Å². The Kier molecular flexibility index (Phi) is 91.4. The highest BCUT2D eigenvalue weighted by atomic mass is 31.2. The highest BCUT2D eigenvalue weighted by Gasteiger charge is 2.30. The molecule has 0 aliphatic heterocycles. The number of carbonyl (C=O) groups is 3. The highest BCUT2D eigenvalue weighted by Crippen LogP contribution is 2.45. The number of esters is 3. The summed E-state index contributed by atoms with van der Waals surface area (Å²) in [5.41, 5.74) is 0. The number of carbonyl (C=O) groups excluding carboxylic acids is 3. The van der Waals surface area contributed by atoms with Crippen molar-refractivity contribution in [2.24, 2.45) is 0 Å². The first-order valence-corrected chi connectivity index (χ1v) is 52.5. The number of unbranched alkanes of at least 4 members (excludes halogenated alkanes) is 49. The Bertz CT molecular complexity index is 2730. The van der Waals surface area contributed by atoms with Crippen LogP contribution in [0.3, 0.4) is 0 Å². The maximum atomic E-state index is 13.0. The number of phosphoric acid groups is 2. The van der Waals surface area contributed by atoms with E-state index in [0.717, 1.165) is 128 Å². The number of aliphatic hydroxyl groups excluding tert-OH is 2. The highest BCUT2D eigenvalue weighted by molar-refractivity contribution is 7.47. The third-order valence-corrected chi connectivity index (χ3v) is 23.2. The van der Waals surface area contributed by atoms with Crippen LogP contribution in [0.25, 0.3) is 0 Å². The van der Waals surface area contributed by atoms with E-state index in [2.05, 4.69) is 154 Å². The molecule has 18 heteroatoms. The van der Waals surface area contributed by atoms with Crippen LogP contribution in [-0.2, 0) is 55.8 Å². The molecule has 0 aliphatic rings. The lowest BCUT2D eigenvalue weighted by molar-refractivity contribution is -0.161. The summed E-state index contributed by atoms with van der Waals surface area (Å²) in [5, 5.41) is 20.7. The number of ether oxygens (including phenoxy) is 3. The molecule has 0 aliphatic carbocycles. The van der Waals surface area contributed by atoms with Crippen molar-refractivity contribution in [2.75, 3.05) is 39.6 Å². The third kappa shape index (κ3) is 96.2. The lowest BCUT2D eigenvalue weighted by Gasteiger charge is -2.21. The predicted octanol–water partition coefficient (Wildman–Crippen LogP) is 30.9. The number of rotatable bonds is 94. The van der Waals surface area contributed by atoms with Gasteiger partial charge in [0.25, 0.3) is 0 Å². The smallest absolute Gasteiger partial charge is 0.463 e. The molecular weight excluding hydrogens is 1560 g/mol. The fraction of sp³-hybridized carbons (Fsp3) is 0.757. The van der Waals surface area contributed by atoms with E-state index in [1.165, 1.54) is 257 Å². The zero-order valence-electron chi connectivity index (χ0n) is 77.4. The van der Waals surface area contributed by atoms with E-state index >= 15 is 0 Å². The van der Waals surface area contributed by atoms with E-state index in [0.29, 0.717) is 19.3 Å². The van der Waals surface area contributed by atoms with E-state index in [-0.39, 0.29) is 19.3 Å². The maximum absolute atomic E-state index is 13.0. The van der Waals surface area contributed by atoms with Gasteiger partial charge in [-0.05, 0) is 141 Å². The molecule has 0 bridgehead atoms. The number of aliphatic hydroxyl groups is 2. The Labute approximate surface area is 741 Å². The molecule has 0 saturated heterocycles. The van der Waals surface area contributed by atoms with Crippen LogP contribution in [0.15, 0.2) is 134 Å². The number of phosphoric ester groups is 2. The van der Waals surface area contributed by atoms with Crippen LogP contribution in [0.1, 0.15) is 445 Å². The lowest BCUT2D eigenvalue weighted by atomic mass is 10.0. The molecule has 0 rings (SSSR count). The minimum atomic E-state index is -4.94. The second kappa shape index (κ2) is 94.8. The fourth-order valence-corrected chi connectivity index (χ4v) is 15.4. The van der Waals surface area contributed by atoms with Gasteiger partial charge < -0.3 is 34.2 Å². The summed E-state index contributed by atoms with van der Waals surface area (Å²) >= 11 is 0. The van der Waals surface area contributed by atoms with Crippen LogP contribution >= 0.6 is 15.6 Å². The van der Waals surface area contributed by atoms with Crippen LogP contribution in [0.5, 0.6) is 0 Å². The summed E-state index contributed by atoms with van der Waals surface area (Å²) < 4.78 is 61.5. The Morgan fingerprint density at radius 2 is 0.438 bits per heavy atom. The van der Waals surface area contributed by atoms with Crippen molar-refractivity contribution in [1.82, 2.24) is 0 Å². The SMILES string of the molecule is CC/C=C\C/C=C\C/C=C\CCCCCCCC(=O)OC(COC(=O)CCCCCCCCCCCCCCCCCCCCC/C=C\C/C=C\C/C=C\C/C=C\CCCCC)COP(=O)(O)OCC(O)COP(=O)(O)OCC(O)COC(=O)CCCCCCCCCCCCCCCCCCCCC/C=C\C/C=C\C/C=C\C/C=C\CCCCC. The molecule has 0 aromatic carbocycles. The van der Waals surface area contributed by atoms with Gasteiger partial charge in [-0.25, -0.2) is 9.13 Å². The van der Waals surface area contributed by atoms with Gasteiger partial charge in [0, 0.05) is 19.3 Å². The Balaban J connectivity index is 4.38. The lowest BCUT2D eigenvalue weighted by Crippen LogP contribution is -2.30. The number of hydrogen-bond donors (Lipinski definition) is 4. The maximum Gasteiger partial charge on any atom is 0.472 e. The van der Waals surface area contributed by atoms with E-state index in [1.807, 2.05) is 0 Å². The molecule has 5 atom stereocenters. The van der Waals surface area contributed by atoms with E-state index in [9.17, 15) is 43.5 Å². The topological polar surface area (TPSA) is 231 Å². The molecule has 0 aromatic heterocycles. The van der Waals surface area contributed by atoms with Gasteiger partial charge >= 0.3 is 33.6 Å². The predicted molar refractivity (Wildman–Crippen MR) is 510 cm³/mol. The zero-order valence-corrected chi connectivity index (χ0v) is 79.2. The minimum Gasteiger partial charge on any atom is -0.463 e. The quantitative estimate of drug-likeness (QED) is 0.0146. The van der Waals surface area contributed by atoms with Gasteiger partial charge in [-0.3, -0.25) is 32.5 Å². The average molecular weight is 1740 g/mol. The van der Waals surface area contributed by atoms with Crippen molar-refractivity contribution in [3.63, 3.8) is 0 Å². The first kappa shape index (κ1) is 117. The molecule has 121 heavy (non-hydrogen) atoms. The Hall–Kier alpha value is -4.31. The van der Waals surface area contributed by atoms with Crippen LogP contribution < -0.4 is 0 Å². The molecule has 0 spiro atoms. The van der Waals surface area contributed by atoms with E-state index in [1.54, 1.807) is 0 Å². The van der Waals surface area contributed by atoms with Crippen molar-refractivity contribution in [2.45, 2.75) is 463 Å². The van der Waals surface area contributed by atoms with E-state index < -0.39 is 91.5 Å². The summed E-state index contributed by atoms with van der Waals surface area (Å²) in [6.07, 6.45) is 120. The normalized spacial score (nSPS) is 14.3. The summed E-state index contributed by atoms with van der Waals surface area (Å²) in [6.45, 7) is 2.57. The van der Waals surface area contributed by atoms with Gasteiger partial charge in [0.2, 0.25) is 0 Å². The first-order valence-electron chi connectivity index (χ1n) is 49.5. The standard InChI is InChI=1S/C103H182O16P2/c1-4-7-10-13-16-19-22-25-28-30-32-34-36-38-40-42-44-46-48-50-52-54-56-58-60-62-64-66-69-71-74-77-80-83-86-89-101(106)113-92-98(104)93-115-120(109,110)116-94-99(105)95-117-121(111,112)118-97-100(119-103(108)91-88-85-82-79-76-73-68-27-24-21-18-15-12-9-6-3)96-114-102(107)90-87-84-81-78-75-72-70-67-65-63-61-59-57-55-53-51-49-47-45-43-41-39-37-35-33-31-29-26-23-20-17-14-11-8-5-2/h9,12,16-21,25-29,32-35,38-41,68,98-100,104-105H,4-8,10-11,13-15,22-24,30-31,36-37,42-67,69-97H2,1-3H3,(H,109,110)(H,111,112)/b12-9-,19-16-,20-17-,21-18-,28-25-,29-26-,34-32-,35-33-,40-38-,41-39-,68-27-. The zero-order chi connectivity index (χ0) is 87.9. The van der Waals surface area contributed by atoms with Gasteiger partial charge in [0.1, 0.15) is 25.4 Å². The number of allylic oxidation sites excluding steroid dienone is 22. The molecule has 0 saturated carbocycles. The molecule has 0 heterocycles. The number of hydrogen-bond acceptors (Lipinski definition) is 14. The monoisotopic (exact) mass is 1740 g/mol. The molecule has 16 nitrogen and oxygen atoms in total. The van der Waals surface area contributed by atoms with Crippen molar-refractivity contribution in [3.05, 3.63) is 134 Å². The van der Waals surface area contributed by atoms with Gasteiger partial charge in [0.05, 0.1) is 26.4 Å². The molecule has 0 radical (unpaired) electrons. The summed E-state index contributed by atoms with van der Waals surface area (Å²) in [6, 6.07) is 0. The summed E-state index contributed by atoms with van der Waals surface area (Å²) in [4.78, 5) is 59.0. The van der Waals surface area contributed by atoms with Crippen LogP contribution in [0.2, 0.25) is 0 Å². The van der Waals surface area contributed by atoms with Crippen LogP contribution in [0, 0.1) is 0 Å². The molecule has 0 fully saturated rings. The van der Waals surface area contributed by atoms with Gasteiger partial charge in [0.15, 0.2) is 6.10 Å². The summed E-state index contributed by atoms with van der Waals surface area (Å²) in [7, 11) is -9.81. The third-order valence-electron chi connectivity index (χ3n) is 21.3. The molecule has 5 unspecified atom stereocenters. The first-order chi connectivity index (χ1) is 59.2. The minimum absolute atomic E-state index is 0.0858. The molecular formula is C103H182O16P2. The average Bonchev–Trinajstić information content (AvgIpc) is 0.953. The Morgan fingerprint density at radius 1 is 0.240 bits per heavy atom. The molecule has 0 amide bonds. The Morgan fingerprint density at radius 3 is 0.694 bits per heavy atom. The van der Waals surface area contributed by atoms with Gasteiger partial charge in [-0.15, -0.1) is 0 Å². The summed E-state index contributed by atoms with van der Waals surface area (Å²) in [5.74, 6) is -1.57. The van der Waals surface area contributed by atoms with Crippen molar-refractivity contribution in [3.8, 4) is 0 Å². The largest absolute Gasteiger partial charge is 0.472 e. The van der Waals surface area contributed by atoms with Crippen LogP contribution in [-0.4, -0.2) is 95.9 Å². The van der Waals surface area contributed by atoms with Crippen molar-refractivity contribution in [1.29, 1.82) is 0 Å². The molecule has 700 valence electrons. The fourth-order valence-electron chi connectivity index (χ4n) is 13.9. The second-order valence-corrected chi connectivity index (χ2v) is 36.1. The molecule has 4 N–H and O–H groups in total. The van der Waals surface area contributed by atoms with E-state index in [4.69, 9.17) is 32.3 Å². The van der Waals surface area contributed by atoms with Gasteiger partial charge in [-0.1, -0.05) is 418 Å². The van der Waals surface area contributed by atoms with Crippen LogP contribution in [0.4, 0.5) is 0 Å². The second-order valence-electron chi connectivity index (χ2n) is 33.2. The molecule has 0 aromatic rings. The van der Waals surface area contributed by atoms with Gasteiger partial charge in [-0.2, -0.15) is 0 Å². The van der Waals surface area contributed by atoms with Crippen molar-refractivity contribution >= 4 is 33.6 Å².